The van der Waals surface area contributed by atoms with Crippen molar-refractivity contribution in [3.8, 4) is 11.5 Å². The number of benzene rings is 2. The summed E-state index contributed by atoms with van der Waals surface area (Å²) in [7, 11) is 0. The molecule has 0 atom stereocenters. The Labute approximate surface area is 122 Å². The molecule has 0 unspecified atom stereocenters. The quantitative estimate of drug-likeness (QED) is 0.874. The number of urea groups is 1. The highest BCUT2D eigenvalue weighted by molar-refractivity contribution is 6.03. The van der Waals surface area contributed by atoms with Crippen LogP contribution in [0.5, 0.6) is 11.5 Å². The summed E-state index contributed by atoms with van der Waals surface area (Å²) in [6.45, 7) is 0.933. The number of nitrogens with one attached hydrogen (secondary N) is 1. The van der Waals surface area contributed by atoms with Crippen molar-refractivity contribution in [3.05, 3.63) is 48.0 Å². The molecule has 21 heavy (non-hydrogen) atoms. The number of hydrogen-bond donors (Lipinski definition) is 1. The Hall–Kier alpha value is -2.69. The van der Waals surface area contributed by atoms with Crippen molar-refractivity contribution in [1.29, 1.82) is 0 Å². The SMILES string of the molecule is O=C(Nc1ccc2c(c1)OCO2)N1CCc2ccccc21. The molecule has 0 aliphatic carbocycles. The number of ether oxygens (including phenoxy) is 2. The third-order valence-electron chi connectivity index (χ3n) is 3.76. The largest absolute Gasteiger partial charge is 0.454 e. The highest BCUT2D eigenvalue weighted by atomic mass is 16.7. The monoisotopic (exact) mass is 282 g/mol. The maximum absolute atomic E-state index is 12.4. The van der Waals surface area contributed by atoms with Crippen LogP contribution in [0.1, 0.15) is 5.56 Å². The minimum Gasteiger partial charge on any atom is -0.454 e. The molecule has 2 aliphatic heterocycles. The summed E-state index contributed by atoms with van der Waals surface area (Å²) in [4.78, 5) is 14.2. The standard InChI is InChI=1S/C16H14N2O3/c19-16(18-8-7-11-3-1-2-4-13(11)18)17-12-5-6-14-15(9-12)21-10-20-14/h1-6,9H,7-8,10H2,(H,17,19). The lowest BCUT2D eigenvalue weighted by molar-refractivity contribution is 0.174. The van der Waals surface area contributed by atoms with Gasteiger partial charge in [0.25, 0.3) is 0 Å². The average molecular weight is 282 g/mol. The maximum Gasteiger partial charge on any atom is 0.326 e. The molecule has 106 valence electrons. The third kappa shape index (κ3) is 2.07. The summed E-state index contributed by atoms with van der Waals surface area (Å²) in [6, 6.07) is 13.2. The topological polar surface area (TPSA) is 50.8 Å². The van der Waals surface area contributed by atoms with E-state index in [2.05, 4.69) is 11.4 Å². The normalized spacial score (nSPS) is 15.0. The molecule has 2 aromatic rings. The predicted molar refractivity (Wildman–Crippen MR) is 79.1 cm³/mol. The molecule has 0 fully saturated rings. The Bertz CT molecular complexity index is 714. The average Bonchev–Trinajstić information content (AvgIpc) is 3.13. The van der Waals surface area contributed by atoms with Gasteiger partial charge in [-0.05, 0) is 30.2 Å². The number of carbonyl (C=O) groups excluding carboxylic acids is 1. The fraction of sp³-hybridized carbons (Fsp3) is 0.188. The molecule has 4 rings (SSSR count). The number of rotatable bonds is 1. The van der Waals surface area contributed by atoms with Crippen LogP contribution in [-0.2, 0) is 6.42 Å². The summed E-state index contributed by atoms with van der Waals surface area (Å²) in [5.74, 6) is 1.37. The molecule has 0 aromatic heterocycles. The van der Waals surface area contributed by atoms with Crippen molar-refractivity contribution in [2.45, 2.75) is 6.42 Å². The molecular weight excluding hydrogens is 268 g/mol. The van der Waals surface area contributed by atoms with Crippen LogP contribution < -0.4 is 19.7 Å². The maximum atomic E-state index is 12.4. The van der Waals surface area contributed by atoms with Crippen molar-refractivity contribution in [1.82, 2.24) is 0 Å². The number of anilines is 2. The number of para-hydroxylation sites is 1. The Morgan fingerprint density at radius 1 is 1.10 bits per heavy atom. The van der Waals surface area contributed by atoms with Gasteiger partial charge in [-0.1, -0.05) is 18.2 Å². The van der Waals surface area contributed by atoms with Crippen LogP contribution in [0.15, 0.2) is 42.5 Å². The lowest BCUT2D eigenvalue weighted by atomic mass is 10.2. The summed E-state index contributed by atoms with van der Waals surface area (Å²) >= 11 is 0. The molecule has 0 spiro atoms. The van der Waals surface area contributed by atoms with Gasteiger partial charge < -0.3 is 14.8 Å². The van der Waals surface area contributed by atoms with E-state index in [0.717, 1.165) is 12.1 Å². The fourth-order valence-electron chi connectivity index (χ4n) is 2.71. The van der Waals surface area contributed by atoms with E-state index in [0.29, 0.717) is 23.7 Å². The molecule has 0 saturated carbocycles. The van der Waals surface area contributed by atoms with E-state index in [9.17, 15) is 4.79 Å². The van der Waals surface area contributed by atoms with E-state index in [4.69, 9.17) is 9.47 Å². The van der Waals surface area contributed by atoms with E-state index in [1.165, 1.54) is 5.56 Å². The smallest absolute Gasteiger partial charge is 0.326 e. The van der Waals surface area contributed by atoms with Gasteiger partial charge in [0.05, 0.1) is 0 Å². The van der Waals surface area contributed by atoms with Crippen molar-refractivity contribution < 1.29 is 14.3 Å². The van der Waals surface area contributed by atoms with Crippen molar-refractivity contribution in [2.24, 2.45) is 0 Å². The zero-order chi connectivity index (χ0) is 14.2. The molecular formula is C16H14N2O3. The molecule has 5 heteroatoms. The molecule has 1 N–H and O–H groups in total. The Kier molecular flexibility index (Phi) is 2.70. The Balaban J connectivity index is 1.54. The molecule has 5 nitrogen and oxygen atoms in total. The molecule has 2 heterocycles. The number of nitrogens with zero attached hydrogens (tertiary/aromatic N) is 1. The van der Waals surface area contributed by atoms with Crippen LogP contribution in [0.4, 0.5) is 16.2 Å². The zero-order valence-electron chi connectivity index (χ0n) is 11.3. The molecule has 2 aliphatic rings. The lowest BCUT2D eigenvalue weighted by Gasteiger charge is -2.18. The van der Waals surface area contributed by atoms with Crippen molar-refractivity contribution in [3.63, 3.8) is 0 Å². The van der Waals surface area contributed by atoms with Gasteiger partial charge in [-0.3, -0.25) is 4.90 Å². The first-order chi connectivity index (χ1) is 10.3. The highest BCUT2D eigenvalue weighted by Crippen LogP contribution is 2.34. The third-order valence-corrected chi connectivity index (χ3v) is 3.76. The van der Waals surface area contributed by atoms with Gasteiger partial charge in [-0.15, -0.1) is 0 Å². The first kappa shape index (κ1) is 12.1. The summed E-state index contributed by atoms with van der Waals surface area (Å²) in [5, 5.41) is 2.91. The predicted octanol–water partition coefficient (Wildman–Crippen LogP) is 3.01. The zero-order valence-corrected chi connectivity index (χ0v) is 11.3. The van der Waals surface area contributed by atoms with Crippen LogP contribution in [0.3, 0.4) is 0 Å². The van der Waals surface area contributed by atoms with Crippen LogP contribution in [0.25, 0.3) is 0 Å². The van der Waals surface area contributed by atoms with E-state index in [-0.39, 0.29) is 12.8 Å². The van der Waals surface area contributed by atoms with Crippen LogP contribution >= 0.6 is 0 Å². The van der Waals surface area contributed by atoms with E-state index in [1.807, 2.05) is 24.3 Å². The minimum absolute atomic E-state index is 0.126. The molecule has 2 amide bonds. The van der Waals surface area contributed by atoms with Gasteiger partial charge in [-0.25, -0.2) is 4.79 Å². The lowest BCUT2D eigenvalue weighted by Crippen LogP contribution is -2.33. The molecule has 0 bridgehead atoms. The number of amides is 2. The number of carbonyl (C=O) groups is 1. The second-order valence-corrected chi connectivity index (χ2v) is 5.03. The molecule has 2 aromatic carbocycles. The van der Waals surface area contributed by atoms with Crippen LogP contribution in [0.2, 0.25) is 0 Å². The molecule has 0 radical (unpaired) electrons. The van der Waals surface area contributed by atoms with Gasteiger partial charge in [0.1, 0.15) is 0 Å². The summed E-state index contributed by atoms with van der Waals surface area (Å²) < 4.78 is 10.6. The van der Waals surface area contributed by atoms with Gasteiger partial charge >= 0.3 is 6.03 Å². The van der Waals surface area contributed by atoms with Gasteiger partial charge in [0.15, 0.2) is 11.5 Å². The summed E-state index contributed by atoms with van der Waals surface area (Å²) in [5.41, 5.74) is 2.89. The fourth-order valence-corrected chi connectivity index (χ4v) is 2.71. The van der Waals surface area contributed by atoms with E-state index >= 15 is 0 Å². The highest BCUT2D eigenvalue weighted by Gasteiger charge is 2.24. The van der Waals surface area contributed by atoms with Gasteiger partial charge in [0.2, 0.25) is 6.79 Å². The molecule has 0 saturated heterocycles. The van der Waals surface area contributed by atoms with Gasteiger partial charge in [0, 0.05) is 24.0 Å². The van der Waals surface area contributed by atoms with E-state index < -0.39 is 0 Å². The Morgan fingerprint density at radius 2 is 1.95 bits per heavy atom. The van der Waals surface area contributed by atoms with Gasteiger partial charge in [-0.2, -0.15) is 0 Å². The Morgan fingerprint density at radius 3 is 2.90 bits per heavy atom. The first-order valence-electron chi connectivity index (χ1n) is 6.87. The summed E-state index contributed by atoms with van der Waals surface area (Å²) in [6.07, 6.45) is 0.894. The van der Waals surface area contributed by atoms with Crippen molar-refractivity contribution >= 4 is 17.4 Å². The van der Waals surface area contributed by atoms with E-state index in [1.54, 1.807) is 17.0 Å². The number of hydrogen-bond acceptors (Lipinski definition) is 3. The minimum atomic E-state index is -0.126. The van der Waals surface area contributed by atoms with Crippen molar-refractivity contribution in [2.75, 3.05) is 23.6 Å². The second-order valence-electron chi connectivity index (χ2n) is 5.03. The van der Waals surface area contributed by atoms with Crippen LogP contribution in [0, 0.1) is 0 Å². The first-order valence-corrected chi connectivity index (χ1v) is 6.87. The van der Waals surface area contributed by atoms with Crippen LogP contribution in [-0.4, -0.2) is 19.4 Å². The number of fused-ring (bicyclic) bond motifs is 2. The second kappa shape index (κ2) is 4.70.